The molecule has 1 aliphatic heterocycles. The van der Waals surface area contributed by atoms with Gasteiger partial charge in [-0.15, -0.1) is 0 Å². The van der Waals surface area contributed by atoms with Crippen LogP contribution in [0.25, 0.3) is 12.2 Å². The van der Waals surface area contributed by atoms with Gasteiger partial charge in [0.05, 0.1) is 12.1 Å². The van der Waals surface area contributed by atoms with E-state index in [4.69, 9.17) is 4.74 Å². The molecule has 4 rings (SSSR count). The number of amides is 1. The summed E-state index contributed by atoms with van der Waals surface area (Å²) in [7, 11) is 0. The highest BCUT2D eigenvalue weighted by molar-refractivity contribution is 7.99. The molecule has 0 aliphatic carbocycles. The Morgan fingerprint density at radius 1 is 1.00 bits per heavy atom. The van der Waals surface area contributed by atoms with E-state index in [1.54, 1.807) is 22.5 Å². The Kier molecular flexibility index (Phi) is 5.81. The molecule has 0 bridgehead atoms. The zero-order valence-corrected chi connectivity index (χ0v) is 16.4. The maximum Gasteiger partial charge on any atom is 0.251 e. The number of halogens is 1. The first-order chi connectivity index (χ1) is 14.2. The average Bonchev–Trinajstić information content (AvgIpc) is 3.18. The lowest BCUT2D eigenvalue weighted by Crippen LogP contribution is -2.17. The number of benzene rings is 3. The van der Waals surface area contributed by atoms with E-state index in [1.165, 1.54) is 0 Å². The number of carbonyl (C=O) groups is 1. The molecule has 1 N–H and O–H groups in total. The Labute approximate surface area is 173 Å². The number of ether oxygens (including phenoxy) is 1. The molecule has 0 aromatic heterocycles. The van der Waals surface area contributed by atoms with Crippen LogP contribution in [0.1, 0.15) is 16.7 Å². The molecule has 0 spiro atoms. The SMILES string of the molecule is O=C1CN(c2c(OCc3ccccc3)ccc(/C=C/c3ccccc3)c2F)SN1. The monoisotopic (exact) mass is 406 g/mol. The quantitative estimate of drug-likeness (QED) is 0.458. The summed E-state index contributed by atoms with van der Waals surface area (Å²) in [6, 6.07) is 22.8. The van der Waals surface area contributed by atoms with Crippen LogP contribution in [0.4, 0.5) is 10.1 Å². The van der Waals surface area contributed by atoms with Crippen molar-refractivity contribution in [2.75, 3.05) is 10.8 Å². The maximum absolute atomic E-state index is 15.4. The second-order valence-electron chi connectivity index (χ2n) is 6.49. The molecular weight excluding hydrogens is 387 g/mol. The second-order valence-corrected chi connectivity index (χ2v) is 7.31. The minimum Gasteiger partial charge on any atom is -0.487 e. The molecule has 0 radical (unpaired) electrons. The number of rotatable bonds is 6. The number of anilines is 1. The van der Waals surface area contributed by atoms with Crippen LogP contribution in [0, 0.1) is 5.82 Å². The third-order valence-electron chi connectivity index (χ3n) is 4.41. The van der Waals surface area contributed by atoms with Crippen LogP contribution < -0.4 is 13.8 Å². The lowest BCUT2D eigenvalue weighted by molar-refractivity contribution is -0.117. The van der Waals surface area contributed by atoms with E-state index in [0.717, 1.165) is 23.3 Å². The lowest BCUT2D eigenvalue weighted by atomic mass is 10.1. The smallest absolute Gasteiger partial charge is 0.251 e. The molecule has 1 amide bonds. The number of nitrogens with one attached hydrogen (secondary N) is 1. The molecule has 0 atom stereocenters. The van der Waals surface area contributed by atoms with Crippen LogP contribution in [-0.4, -0.2) is 12.5 Å². The highest BCUT2D eigenvalue weighted by atomic mass is 32.2. The molecule has 3 aromatic rings. The van der Waals surface area contributed by atoms with Crippen molar-refractivity contribution in [3.8, 4) is 5.75 Å². The molecule has 1 heterocycles. The fourth-order valence-corrected chi connectivity index (χ4v) is 3.67. The van der Waals surface area contributed by atoms with Gasteiger partial charge >= 0.3 is 0 Å². The second kappa shape index (κ2) is 8.84. The first-order valence-corrected chi connectivity index (χ1v) is 9.94. The Bertz CT molecular complexity index is 1030. The summed E-state index contributed by atoms with van der Waals surface area (Å²) in [6.07, 6.45) is 3.58. The normalized spacial score (nSPS) is 13.7. The third kappa shape index (κ3) is 4.60. The van der Waals surface area contributed by atoms with Crippen LogP contribution in [0.2, 0.25) is 0 Å². The van der Waals surface area contributed by atoms with Crippen molar-refractivity contribution in [2.45, 2.75) is 6.61 Å². The Morgan fingerprint density at radius 3 is 2.41 bits per heavy atom. The molecule has 1 fully saturated rings. The molecule has 3 aromatic carbocycles. The Morgan fingerprint density at radius 2 is 1.72 bits per heavy atom. The fourth-order valence-electron chi connectivity index (χ4n) is 2.95. The van der Waals surface area contributed by atoms with Crippen LogP contribution in [0.5, 0.6) is 5.75 Å². The van der Waals surface area contributed by atoms with E-state index in [2.05, 4.69) is 4.72 Å². The van der Waals surface area contributed by atoms with Crippen molar-refractivity contribution in [1.82, 2.24) is 4.72 Å². The number of hydrogen-bond acceptors (Lipinski definition) is 4. The van der Waals surface area contributed by atoms with Crippen LogP contribution >= 0.6 is 12.1 Å². The molecule has 4 nitrogen and oxygen atoms in total. The van der Waals surface area contributed by atoms with Crippen molar-refractivity contribution >= 4 is 35.9 Å². The Hall–Kier alpha value is -3.25. The van der Waals surface area contributed by atoms with Crippen LogP contribution in [0.15, 0.2) is 72.8 Å². The van der Waals surface area contributed by atoms with Crippen molar-refractivity contribution in [2.24, 2.45) is 0 Å². The van der Waals surface area contributed by atoms with Gasteiger partial charge in [0.2, 0.25) is 0 Å². The number of carbonyl (C=O) groups excluding carboxylic acids is 1. The van der Waals surface area contributed by atoms with Crippen LogP contribution in [0.3, 0.4) is 0 Å². The van der Waals surface area contributed by atoms with Crippen molar-refractivity contribution in [3.05, 3.63) is 95.3 Å². The van der Waals surface area contributed by atoms with Gasteiger partial charge in [-0.2, -0.15) is 0 Å². The minimum absolute atomic E-state index is 0.0646. The number of hydrogen-bond donors (Lipinski definition) is 1. The predicted octanol–water partition coefficient (Wildman–Crippen LogP) is 5.07. The fraction of sp³-hybridized carbons (Fsp3) is 0.0870. The van der Waals surface area contributed by atoms with Gasteiger partial charge in [-0.1, -0.05) is 72.8 Å². The van der Waals surface area contributed by atoms with Gasteiger partial charge in [-0.25, -0.2) is 4.39 Å². The highest BCUT2D eigenvalue weighted by Crippen LogP contribution is 2.38. The average molecular weight is 406 g/mol. The summed E-state index contributed by atoms with van der Waals surface area (Å²) in [4.78, 5) is 11.7. The third-order valence-corrected chi connectivity index (χ3v) is 5.26. The van der Waals surface area contributed by atoms with E-state index < -0.39 is 5.82 Å². The van der Waals surface area contributed by atoms with Gasteiger partial charge in [-0.05, 0) is 23.3 Å². The summed E-state index contributed by atoms with van der Waals surface area (Å²) in [5.41, 5.74) is 2.65. The van der Waals surface area contributed by atoms with Crippen molar-refractivity contribution in [1.29, 1.82) is 0 Å². The summed E-state index contributed by atoms with van der Waals surface area (Å²) in [6.45, 7) is 0.376. The van der Waals surface area contributed by atoms with Gasteiger partial charge in [0.15, 0.2) is 5.82 Å². The Balaban J connectivity index is 1.64. The highest BCUT2D eigenvalue weighted by Gasteiger charge is 2.27. The standard InChI is InChI=1S/C23H19FN2O2S/c24-22-19(12-11-17-7-3-1-4-8-17)13-14-20(23(22)26-15-21(27)25-29-26)28-16-18-9-5-2-6-10-18/h1-14H,15-16H2,(H,25,27)/b12-11+. The number of nitrogens with zero attached hydrogens (tertiary/aromatic N) is 1. The summed E-state index contributed by atoms with van der Waals surface area (Å²) in [5, 5.41) is 0. The van der Waals surface area contributed by atoms with Crippen LogP contribution in [-0.2, 0) is 11.4 Å². The van der Waals surface area contributed by atoms with E-state index in [-0.39, 0.29) is 18.1 Å². The van der Waals surface area contributed by atoms with Gasteiger partial charge in [0.1, 0.15) is 24.6 Å². The van der Waals surface area contributed by atoms with Crippen molar-refractivity contribution in [3.63, 3.8) is 0 Å². The lowest BCUT2D eigenvalue weighted by Gasteiger charge is -2.20. The largest absolute Gasteiger partial charge is 0.487 e. The first-order valence-electron chi connectivity index (χ1n) is 9.16. The van der Waals surface area contributed by atoms with Crippen molar-refractivity contribution < 1.29 is 13.9 Å². The summed E-state index contributed by atoms with van der Waals surface area (Å²) < 4.78 is 25.5. The molecule has 146 valence electrons. The molecular formula is C23H19FN2O2S. The summed E-state index contributed by atoms with van der Waals surface area (Å²) >= 11 is 1.07. The van der Waals surface area contributed by atoms with E-state index in [1.807, 2.05) is 66.7 Å². The van der Waals surface area contributed by atoms with Gasteiger partial charge in [0, 0.05) is 5.56 Å². The van der Waals surface area contributed by atoms with E-state index >= 15 is 4.39 Å². The van der Waals surface area contributed by atoms with E-state index in [9.17, 15) is 4.79 Å². The predicted molar refractivity (Wildman–Crippen MR) is 116 cm³/mol. The molecule has 1 saturated heterocycles. The zero-order valence-electron chi connectivity index (χ0n) is 15.5. The van der Waals surface area contributed by atoms with Gasteiger partial charge in [-0.3, -0.25) is 13.8 Å². The first kappa shape index (κ1) is 19.1. The molecule has 1 aliphatic rings. The molecule has 0 unspecified atom stereocenters. The molecule has 29 heavy (non-hydrogen) atoms. The minimum atomic E-state index is -0.424. The molecule has 0 saturated carbocycles. The van der Waals surface area contributed by atoms with Gasteiger partial charge in [0.25, 0.3) is 5.91 Å². The summed E-state index contributed by atoms with van der Waals surface area (Å²) in [5.74, 6) is -0.201. The molecule has 6 heteroatoms. The topological polar surface area (TPSA) is 41.6 Å². The van der Waals surface area contributed by atoms with E-state index in [0.29, 0.717) is 17.9 Å². The van der Waals surface area contributed by atoms with Gasteiger partial charge < -0.3 is 4.74 Å². The zero-order chi connectivity index (χ0) is 20.1. The maximum atomic E-state index is 15.4.